The van der Waals surface area contributed by atoms with E-state index in [2.05, 4.69) is 32.8 Å². The highest BCUT2D eigenvalue weighted by atomic mass is 32.2. The molecule has 0 bridgehead atoms. The second-order valence-electron chi connectivity index (χ2n) is 8.81. The average Bonchev–Trinajstić information content (AvgIpc) is 3.45. The molecule has 2 heterocycles. The number of likely N-dealkylation sites (tertiary alicyclic amines) is 1. The van der Waals surface area contributed by atoms with Crippen molar-refractivity contribution >= 4 is 10.0 Å². The summed E-state index contributed by atoms with van der Waals surface area (Å²) < 4.78 is 47.6. The van der Waals surface area contributed by atoms with Gasteiger partial charge in [0.1, 0.15) is 19.0 Å². The van der Waals surface area contributed by atoms with Gasteiger partial charge in [-0.05, 0) is 42.6 Å². The van der Waals surface area contributed by atoms with Gasteiger partial charge in [0.2, 0.25) is 0 Å². The highest BCUT2D eigenvalue weighted by molar-refractivity contribution is 7.89. The van der Waals surface area contributed by atoms with Crippen LogP contribution in [0.3, 0.4) is 0 Å². The maximum Gasteiger partial charge on any atom is 0.259 e. The number of halogens is 1. The lowest BCUT2D eigenvalue weighted by Gasteiger charge is -2.31. The normalized spacial score (nSPS) is 18.9. The number of nitrogens with zero attached hydrogens (tertiary/aromatic N) is 3. The molecule has 1 unspecified atom stereocenters. The minimum Gasteiger partial charge on any atom is -0.492 e. The van der Waals surface area contributed by atoms with E-state index in [1.54, 1.807) is 11.6 Å². The molecule has 1 N–H and O–H groups in total. The Bertz CT molecular complexity index is 1190. The van der Waals surface area contributed by atoms with Gasteiger partial charge in [-0.1, -0.05) is 42.5 Å². The van der Waals surface area contributed by atoms with Crippen molar-refractivity contribution < 1.29 is 17.5 Å². The molecule has 0 aliphatic carbocycles. The third-order valence-corrected chi connectivity index (χ3v) is 7.63. The van der Waals surface area contributed by atoms with Gasteiger partial charge in [0, 0.05) is 38.3 Å². The Morgan fingerprint density at radius 1 is 1.18 bits per heavy atom. The quantitative estimate of drug-likeness (QED) is 0.422. The van der Waals surface area contributed by atoms with Crippen LogP contribution in [0.4, 0.5) is 4.39 Å². The summed E-state index contributed by atoms with van der Waals surface area (Å²) in [4.78, 5) is 6.07. The van der Waals surface area contributed by atoms with Gasteiger partial charge in [-0.15, -0.1) is 0 Å². The van der Waals surface area contributed by atoms with Crippen molar-refractivity contribution in [2.75, 3.05) is 39.5 Å². The van der Waals surface area contributed by atoms with E-state index < -0.39 is 10.0 Å². The van der Waals surface area contributed by atoms with E-state index in [1.165, 1.54) is 18.1 Å². The van der Waals surface area contributed by atoms with Gasteiger partial charge in [0.15, 0.2) is 5.03 Å². The Labute approximate surface area is 200 Å². The van der Waals surface area contributed by atoms with Gasteiger partial charge in [0.25, 0.3) is 10.0 Å². The van der Waals surface area contributed by atoms with Crippen LogP contribution in [-0.4, -0.2) is 62.3 Å². The number of imidazole rings is 1. The molecule has 1 aliphatic rings. The molecule has 1 saturated heterocycles. The molecule has 0 saturated carbocycles. The van der Waals surface area contributed by atoms with Crippen molar-refractivity contribution in [1.29, 1.82) is 0 Å². The SMILES string of the molecule is Cn1cnc(S(=O)(=O)NCCOc2cccc(C3(Cc4ccccc4)CCN(CCF)C3)c2)c1. The van der Waals surface area contributed by atoms with E-state index in [1.807, 2.05) is 36.4 Å². The lowest BCUT2D eigenvalue weighted by Crippen LogP contribution is -2.34. The molecule has 1 aliphatic heterocycles. The Morgan fingerprint density at radius 3 is 2.74 bits per heavy atom. The van der Waals surface area contributed by atoms with Crippen molar-refractivity contribution in [3.8, 4) is 5.75 Å². The number of hydrogen-bond donors (Lipinski definition) is 1. The molecule has 4 rings (SSSR count). The Balaban J connectivity index is 1.43. The minimum absolute atomic E-state index is 0.0149. The average molecular weight is 487 g/mol. The zero-order valence-corrected chi connectivity index (χ0v) is 20.2. The number of aromatic nitrogens is 2. The fourth-order valence-corrected chi connectivity index (χ4v) is 5.59. The van der Waals surface area contributed by atoms with E-state index in [4.69, 9.17) is 4.74 Å². The summed E-state index contributed by atoms with van der Waals surface area (Å²) in [5.41, 5.74) is 2.28. The lowest BCUT2D eigenvalue weighted by atomic mass is 9.75. The molecule has 3 aromatic rings. The molecule has 182 valence electrons. The predicted octanol–water partition coefficient (Wildman–Crippen LogP) is 2.93. The monoisotopic (exact) mass is 486 g/mol. The zero-order valence-electron chi connectivity index (χ0n) is 19.4. The molecule has 0 radical (unpaired) electrons. The van der Waals surface area contributed by atoms with Gasteiger partial charge >= 0.3 is 0 Å². The molecular formula is C25H31FN4O3S. The van der Waals surface area contributed by atoms with Crippen LogP contribution in [0, 0.1) is 0 Å². The van der Waals surface area contributed by atoms with E-state index in [9.17, 15) is 12.8 Å². The van der Waals surface area contributed by atoms with E-state index >= 15 is 0 Å². The number of aryl methyl sites for hydroxylation is 1. The molecule has 0 amide bonds. The Morgan fingerprint density at radius 2 is 2.00 bits per heavy atom. The van der Waals surface area contributed by atoms with Crippen LogP contribution < -0.4 is 9.46 Å². The molecular weight excluding hydrogens is 455 g/mol. The molecule has 7 nitrogen and oxygen atoms in total. The van der Waals surface area contributed by atoms with Crippen molar-refractivity contribution in [1.82, 2.24) is 19.2 Å². The maximum absolute atomic E-state index is 13.0. The number of hydrogen-bond acceptors (Lipinski definition) is 5. The number of rotatable bonds is 11. The standard InChI is InChI=1S/C25H31FN4O3S/c1-29-18-24(27-20-29)34(31,32)28-12-15-33-23-9-5-8-22(16-23)25(10-13-30(19-25)14-11-26)17-21-6-3-2-4-7-21/h2-9,16,18,20,28H,10-15,17,19H2,1H3. The lowest BCUT2D eigenvalue weighted by molar-refractivity contribution is 0.277. The van der Waals surface area contributed by atoms with Crippen LogP contribution in [0.5, 0.6) is 5.75 Å². The Hall–Kier alpha value is -2.75. The van der Waals surface area contributed by atoms with Crippen molar-refractivity contribution in [3.63, 3.8) is 0 Å². The van der Waals surface area contributed by atoms with Crippen LogP contribution in [0.25, 0.3) is 0 Å². The largest absolute Gasteiger partial charge is 0.492 e. The first kappa shape index (κ1) is 24.4. The van der Waals surface area contributed by atoms with Gasteiger partial charge in [-0.25, -0.2) is 22.5 Å². The highest BCUT2D eigenvalue weighted by Crippen LogP contribution is 2.39. The van der Waals surface area contributed by atoms with Crippen molar-refractivity contribution in [3.05, 3.63) is 78.2 Å². The van der Waals surface area contributed by atoms with Crippen LogP contribution in [0.15, 0.2) is 72.1 Å². The number of alkyl halides is 1. The number of benzene rings is 2. The maximum atomic E-state index is 13.0. The molecule has 1 aromatic heterocycles. The second kappa shape index (κ2) is 10.7. The number of ether oxygens (including phenoxy) is 1. The minimum atomic E-state index is -3.67. The summed E-state index contributed by atoms with van der Waals surface area (Å²) in [5.74, 6) is 0.686. The number of sulfonamides is 1. The van der Waals surface area contributed by atoms with Gasteiger partial charge in [-0.3, -0.25) is 4.90 Å². The first-order valence-electron chi connectivity index (χ1n) is 11.4. The fourth-order valence-electron chi connectivity index (χ4n) is 4.60. The fraction of sp³-hybridized carbons (Fsp3) is 0.400. The highest BCUT2D eigenvalue weighted by Gasteiger charge is 2.39. The topological polar surface area (TPSA) is 76.5 Å². The summed E-state index contributed by atoms with van der Waals surface area (Å²) in [5, 5.41) is -0.0149. The first-order chi connectivity index (χ1) is 16.4. The van der Waals surface area contributed by atoms with Crippen molar-refractivity contribution in [2.45, 2.75) is 23.3 Å². The summed E-state index contributed by atoms with van der Waals surface area (Å²) in [7, 11) is -1.95. The van der Waals surface area contributed by atoms with Crippen LogP contribution in [-0.2, 0) is 28.9 Å². The van der Waals surface area contributed by atoms with Gasteiger partial charge in [0.05, 0.1) is 6.33 Å². The molecule has 1 fully saturated rings. The van der Waals surface area contributed by atoms with Crippen LogP contribution in [0.1, 0.15) is 17.5 Å². The summed E-state index contributed by atoms with van der Waals surface area (Å²) >= 11 is 0. The van der Waals surface area contributed by atoms with Crippen LogP contribution in [0.2, 0.25) is 0 Å². The molecule has 2 aromatic carbocycles. The third kappa shape index (κ3) is 5.84. The van der Waals surface area contributed by atoms with Crippen LogP contribution >= 0.6 is 0 Å². The van der Waals surface area contributed by atoms with E-state index in [-0.39, 0.29) is 30.3 Å². The third-order valence-electron chi connectivity index (χ3n) is 6.28. The molecule has 34 heavy (non-hydrogen) atoms. The molecule has 1 atom stereocenters. The van der Waals surface area contributed by atoms with E-state index in [0.717, 1.165) is 31.5 Å². The first-order valence-corrected chi connectivity index (χ1v) is 12.9. The summed E-state index contributed by atoms with van der Waals surface area (Å²) in [6, 6.07) is 18.4. The van der Waals surface area contributed by atoms with Gasteiger partial charge in [-0.2, -0.15) is 0 Å². The second-order valence-corrected chi connectivity index (χ2v) is 10.5. The molecule has 9 heteroatoms. The smallest absolute Gasteiger partial charge is 0.259 e. The number of nitrogens with one attached hydrogen (secondary N) is 1. The van der Waals surface area contributed by atoms with E-state index in [0.29, 0.717) is 12.3 Å². The van der Waals surface area contributed by atoms with Gasteiger partial charge < -0.3 is 9.30 Å². The predicted molar refractivity (Wildman–Crippen MR) is 129 cm³/mol. The zero-order chi connectivity index (χ0) is 24.0. The molecule has 0 spiro atoms. The summed E-state index contributed by atoms with van der Waals surface area (Å²) in [6.07, 6.45) is 4.70. The Kier molecular flexibility index (Phi) is 7.65. The van der Waals surface area contributed by atoms with Crippen molar-refractivity contribution in [2.24, 2.45) is 7.05 Å². The summed E-state index contributed by atoms with van der Waals surface area (Å²) in [6.45, 7) is 2.07.